The fourth-order valence-corrected chi connectivity index (χ4v) is 3.01. The molecule has 0 fully saturated rings. The predicted molar refractivity (Wildman–Crippen MR) is 78.2 cm³/mol. The summed E-state index contributed by atoms with van der Waals surface area (Å²) >= 11 is 0. The fraction of sp³-hybridized carbons (Fsp3) is 0.400. The van der Waals surface area contributed by atoms with E-state index in [2.05, 4.69) is 15.4 Å². The number of nitrogens with one attached hydrogen (secondary N) is 1. The van der Waals surface area contributed by atoms with Gasteiger partial charge in [0.15, 0.2) is 11.6 Å². The summed E-state index contributed by atoms with van der Waals surface area (Å²) in [7, 11) is 0. The Bertz CT molecular complexity index is 747. The van der Waals surface area contributed by atoms with Gasteiger partial charge in [0.05, 0.1) is 25.7 Å². The van der Waals surface area contributed by atoms with Gasteiger partial charge < -0.3 is 15.0 Å². The predicted octanol–water partition coefficient (Wildman–Crippen LogP) is 1.47. The summed E-state index contributed by atoms with van der Waals surface area (Å²) in [5.41, 5.74) is 0.685. The van der Waals surface area contributed by atoms with Crippen LogP contribution in [0.15, 0.2) is 24.5 Å². The van der Waals surface area contributed by atoms with Gasteiger partial charge in [-0.1, -0.05) is 12.1 Å². The average Bonchev–Trinajstić information content (AvgIpc) is 3.03. The van der Waals surface area contributed by atoms with Crippen LogP contribution < -0.4 is 10.1 Å². The number of para-hydroxylation sites is 1. The second-order valence-corrected chi connectivity index (χ2v) is 5.62. The number of benzene rings is 1. The molecule has 8 heteroatoms. The van der Waals surface area contributed by atoms with E-state index in [1.165, 1.54) is 12.4 Å². The van der Waals surface area contributed by atoms with E-state index in [9.17, 15) is 9.18 Å². The van der Waals surface area contributed by atoms with Crippen molar-refractivity contribution in [2.45, 2.75) is 25.6 Å². The number of rotatable bonds is 1. The maximum atomic E-state index is 13.8. The summed E-state index contributed by atoms with van der Waals surface area (Å²) in [6.45, 7) is 2.00. The largest absolute Gasteiger partial charge is 0.490 e. The molecule has 1 aromatic carbocycles. The zero-order valence-electron chi connectivity index (χ0n) is 12.4. The lowest BCUT2D eigenvalue weighted by Crippen LogP contribution is -2.46. The summed E-state index contributed by atoms with van der Waals surface area (Å²) in [5, 5.41) is 7.07. The van der Waals surface area contributed by atoms with Crippen LogP contribution in [0.2, 0.25) is 0 Å². The Labute approximate surface area is 132 Å². The van der Waals surface area contributed by atoms with Gasteiger partial charge in [-0.3, -0.25) is 0 Å². The van der Waals surface area contributed by atoms with Crippen molar-refractivity contribution in [1.82, 2.24) is 25.0 Å². The summed E-state index contributed by atoms with van der Waals surface area (Å²) in [6.07, 6.45) is 2.11. The van der Waals surface area contributed by atoms with Crippen molar-refractivity contribution in [2.24, 2.45) is 0 Å². The number of hydrogen-bond acceptors (Lipinski definition) is 4. The molecule has 1 aromatic heterocycles. The molecular formula is C15H16FN5O2. The number of carbonyl (C=O) groups excluding carboxylic acids is 1. The molecular weight excluding hydrogens is 301 g/mol. The van der Waals surface area contributed by atoms with E-state index < -0.39 is 5.82 Å². The molecule has 1 atom stereocenters. The lowest BCUT2D eigenvalue weighted by atomic mass is 10.0. The highest BCUT2D eigenvalue weighted by molar-refractivity contribution is 5.75. The van der Waals surface area contributed by atoms with Crippen LogP contribution in [0.25, 0.3) is 0 Å². The minimum absolute atomic E-state index is 0.179. The minimum Gasteiger partial charge on any atom is -0.490 e. The van der Waals surface area contributed by atoms with Gasteiger partial charge in [0.1, 0.15) is 12.2 Å². The number of aromatic nitrogens is 3. The van der Waals surface area contributed by atoms with Gasteiger partial charge in [-0.15, -0.1) is 0 Å². The van der Waals surface area contributed by atoms with Crippen molar-refractivity contribution in [3.8, 4) is 5.75 Å². The first-order valence-corrected chi connectivity index (χ1v) is 7.55. The summed E-state index contributed by atoms with van der Waals surface area (Å²) in [5.74, 6) is 0.611. The van der Waals surface area contributed by atoms with Gasteiger partial charge in [0, 0.05) is 18.5 Å². The first kappa shape index (κ1) is 14.0. The molecule has 0 saturated carbocycles. The van der Waals surface area contributed by atoms with Crippen LogP contribution >= 0.6 is 0 Å². The number of carbonyl (C=O) groups is 1. The van der Waals surface area contributed by atoms with Gasteiger partial charge in [-0.25, -0.2) is 18.9 Å². The topological polar surface area (TPSA) is 72.3 Å². The molecule has 2 aliphatic heterocycles. The molecule has 2 amide bonds. The third-order valence-electron chi connectivity index (χ3n) is 4.22. The van der Waals surface area contributed by atoms with Crippen LogP contribution in [-0.2, 0) is 13.1 Å². The Morgan fingerprint density at radius 3 is 3.22 bits per heavy atom. The summed E-state index contributed by atoms with van der Waals surface area (Å²) in [6, 6.07) is 4.35. The van der Waals surface area contributed by atoms with Crippen molar-refractivity contribution in [2.75, 3.05) is 13.2 Å². The Balaban J connectivity index is 1.49. The van der Waals surface area contributed by atoms with Crippen molar-refractivity contribution >= 4 is 6.03 Å². The molecule has 0 bridgehead atoms. The second-order valence-electron chi connectivity index (χ2n) is 5.62. The molecule has 0 unspecified atom stereocenters. The molecule has 0 radical (unpaired) electrons. The third-order valence-corrected chi connectivity index (χ3v) is 4.22. The van der Waals surface area contributed by atoms with E-state index in [1.54, 1.807) is 21.7 Å². The van der Waals surface area contributed by atoms with E-state index in [0.717, 1.165) is 5.82 Å². The van der Waals surface area contributed by atoms with Crippen LogP contribution in [0.3, 0.4) is 0 Å². The highest BCUT2D eigenvalue weighted by atomic mass is 19.1. The molecule has 1 N–H and O–H groups in total. The van der Waals surface area contributed by atoms with Crippen LogP contribution in [0.5, 0.6) is 5.75 Å². The fourth-order valence-electron chi connectivity index (χ4n) is 3.01. The van der Waals surface area contributed by atoms with Gasteiger partial charge >= 0.3 is 6.03 Å². The zero-order chi connectivity index (χ0) is 15.8. The van der Waals surface area contributed by atoms with E-state index in [4.69, 9.17) is 4.74 Å². The average molecular weight is 317 g/mol. The number of urea groups is 1. The van der Waals surface area contributed by atoms with Gasteiger partial charge in [0.2, 0.25) is 0 Å². The van der Waals surface area contributed by atoms with E-state index in [1.807, 2.05) is 0 Å². The molecule has 3 heterocycles. The number of ether oxygens (including phenoxy) is 1. The van der Waals surface area contributed by atoms with Crippen LogP contribution in [0.4, 0.5) is 9.18 Å². The summed E-state index contributed by atoms with van der Waals surface area (Å²) < 4.78 is 21.0. The van der Waals surface area contributed by atoms with Crippen molar-refractivity contribution in [1.29, 1.82) is 0 Å². The van der Waals surface area contributed by atoms with Crippen molar-refractivity contribution < 1.29 is 13.9 Å². The zero-order valence-corrected chi connectivity index (χ0v) is 12.4. The first-order chi connectivity index (χ1) is 11.2. The molecule has 0 saturated heterocycles. The summed E-state index contributed by atoms with van der Waals surface area (Å²) in [4.78, 5) is 18.4. The van der Waals surface area contributed by atoms with Crippen molar-refractivity contribution in [3.05, 3.63) is 41.7 Å². The minimum atomic E-state index is -0.396. The highest BCUT2D eigenvalue weighted by Gasteiger charge is 2.28. The Kier molecular flexibility index (Phi) is 3.36. The van der Waals surface area contributed by atoms with Gasteiger partial charge in [-0.05, 0) is 6.07 Å². The number of amides is 2. The molecule has 2 aliphatic rings. The monoisotopic (exact) mass is 317 g/mol. The van der Waals surface area contributed by atoms with Crippen LogP contribution in [-0.4, -0.2) is 38.8 Å². The lowest BCUT2D eigenvalue weighted by molar-refractivity contribution is 0.169. The molecule has 4 rings (SSSR count). The molecule has 0 aliphatic carbocycles. The van der Waals surface area contributed by atoms with Gasteiger partial charge in [-0.2, -0.15) is 5.10 Å². The second kappa shape index (κ2) is 5.53. The lowest BCUT2D eigenvalue weighted by Gasteiger charge is -2.31. The first-order valence-electron chi connectivity index (χ1n) is 7.55. The number of halogens is 1. The molecule has 7 nitrogen and oxygen atoms in total. The number of nitrogens with zero attached hydrogens (tertiary/aromatic N) is 4. The Hall–Kier alpha value is -2.64. The van der Waals surface area contributed by atoms with E-state index >= 15 is 0 Å². The Morgan fingerprint density at radius 1 is 1.39 bits per heavy atom. The Morgan fingerprint density at radius 2 is 2.30 bits per heavy atom. The number of fused-ring (bicyclic) bond motifs is 2. The SMILES string of the molecule is O=C(N[C@H]1CCOc2c(F)cccc21)N1CCn2ncnc2C1. The molecule has 23 heavy (non-hydrogen) atoms. The van der Waals surface area contributed by atoms with E-state index in [0.29, 0.717) is 38.2 Å². The molecule has 2 aromatic rings. The number of hydrogen-bond donors (Lipinski definition) is 1. The highest BCUT2D eigenvalue weighted by Crippen LogP contribution is 2.34. The maximum Gasteiger partial charge on any atom is 0.318 e. The van der Waals surface area contributed by atoms with E-state index in [-0.39, 0.29) is 17.8 Å². The van der Waals surface area contributed by atoms with Crippen LogP contribution in [0, 0.1) is 5.82 Å². The van der Waals surface area contributed by atoms with Gasteiger partial charge in [0.25, 0.3) is 0 Å². The molecule has 120 valence electrons. The van der Waals surface area contributed by atoms with Crippen molar-refractivity contribution in [3.63, 3.8) is 0 Å². The maximum absolute atomic E-state index is 13.8. The van der Waals surface area contributed by atoms with Crippen LogP contribution in [0.1, 0.15) is 23.9 Å². The molecule has 0 spiro atoms. The third kappa shape index (κ3) is 2.49. The quantitative estimate of drug-likeness (QED) is 0.864. The normalized spacial score (nSPS) is 19.5. The smallest absolute Gasteiger partial charge is 0.318 e. The standard InChI is InChI=1S/C15H16FN5O2/c16-11-3-1-2-10-12(4-7-23-14(10)11)19-15(22)20-5-6-21-13(8-20)17-9-18-21/h1-3,9,12H,4-8H2,(H,19,22)/t12-/m0/s1.